The van der Waals surface area contributed by atoms with Crippen LogP contribution in [0.4, 0.5) is 0 Å². The molecule has 134 valence electrons. The van der Waals surface area contributed by atoms with E-state index >= 15 is 0 Å². The second-order valence-electron chi connectivity index (χ2n) is 4.56. The standard InChI is InChI=1S/C14H8BrCl6N3O/c1-25-9-4-2-7(6-8(9)15)3-5-10-22-11(13(16,17)18)24-12(23-10)14(19,20)21/h2-6H,1H3. The second-order valence-corrected chi connectivity index (χ2v) is 9.98. The average molecular weight is 527 g/mol. The smallest absolute Gasteiger partial charge is 0.250 e. The summed E-state index contributed by atoms with van der Waals surface area (Å²) in [7, 11) is 1.58. The van der Waals surface area contributed by atoms with Gasteiger partial charge in [-0.15, -0.1) is 0 Å². The number of hydrogen-bond acceptors (Lipinski definition) is 4. The van der Waals surface area contributed by atoms with E-state index in [4.69, 9.17) is 74.3 Å². The number of benzene rings is 1. The van der Waals surface area contributed by atoms with Crippen molar-refractivity contribution in [2.75, 3.05) is 7.11 Å². The van der Waals surface area contributed by atoms with Crippen LogP contribution in [-0.4, -0.2) is 22.1 Å². The molecule has 2 rings (SSSR count). The lowest BCUT2D eigenvalue weighted by molar-refractivity contribution is 0.412. The van der Waals surface area contributed by atoms with Gasteiger partial charge in [0.2, 0.25) is 7.59 Å². The molecule has 0 saturated heterocycles. The number of ether oxygens (including phenoxy) is 1. The summed E-state index contributed by atoms with van der Waals surface area (Å²) in [5, 5.41) is 0. The van der Waals surface area contributed by atoms with Gasteiger partial charge in [0, 0.05) is 0 Å². The molecule has 0 N–H and O–H groups in total. The number of aromatic nitrogens is 3. The van der Waals surface area contributed by atoms with Crippen molar-refractivity contribution in [3.8, 4) is 5.75 Å². The Bertz CT molecular complexity index is 772. The summed E-state index contributed by atoms with van der Waals surface area (Å²) >= 11 is 38.4. The fourth-order valence-electron chi connectivity index (χ4n) is 1.68. The lowest BCUT2D eigenvalue weighted by atomic mass is 10.2. The first kappa shape index (κ1) is 21.3. The molecule has 0 unspecified atom stereocenters. The zero-order valence-electron chi connectivity index (χ0n) is 12.3. The van der Waals surface area contributed by atoms with Gasteiger partial charge in [0.05, 0.1) is 11.6 Å². The van der Waals surface area contributed by atoms with Gasteiger partial charge in [0.15, 0.2) is 17.5 Å². The number of alkyl halides is 6. The van der Waals surface area contributed by atoms with Crippen LogP contribution in [0.25, 0.3) is 12.2 Å². The minimum absolute atomic E-state index is 0.149. The van der Waals surface area contributed by atoms with Crippen LogP contribution in [0.2, 0.25) is 0 Å². The maximum Gasteiger partial charge on any atom is 0.250 e. The van der Waals surface area contributed by atoms with Gasteiger partial charge in [0.1, 0.15) is 5.75 Å². The largest absolute Gasteiger partial charge is 0.496 e. The van der Waals surface area contributed by atoms with E-state index in [1.807, 2.05) is 12.1 Å². The molecule has 0 aliphatic rings. The summed E-state index contributed by atoms with van der Waals surface area (Å²) < 4.78 is 2.19. The van der Waals surface area contributed by atoms with Crippen molar-refractivity contribution in [2.24, 2.45) is 0 Å². The molecule has 0 amide bonds. The normalized spacial score (nSPS) is 12.6. The van der Waals surface area contributed by atoms with E-state index in [0.717, 1.165) is 10.0 Å². The predicted octanol–water partition coefficient (Wildman–Crippen LogP) is 6.47. The third-order valence-corrected chi connectivity index (χ3v) is 4.39. The molecular weight excluding hydrogens is 519 g/mol. The van der Waals surface area contributed by atoms with Crippen LogP contribution in [0.3, 0.4) is 0 Å². The Balaban J connectivity index is 2.43. The number of hydrogen-bond donors (Lipinski definition) is 0. The molecule has 11 heteroatoms. The molecule has 0 aliphatic heterocycles. The van der Waals surface area contributed by atoms with Crippen LogP contribution in [0.1, 0.15) is 23.0 Å². The summed E-state index contributed by atoms with van der Waals surface area (Å²) in [5.41, 5.74) is 0.846. The van der Waals surface area contributed by atoms with Crippen molar-refractivity contribution < 1.29 is 4.74 Å². The third kappa shape index (κ3) is 5.99. The molecule has 4 nitrogen and oxygen atoms in total. The highest BCUT2D eigenvalue weighted by atomic mass is 79.9. The number of halogens is 7. The maximum absolute atomic E-state index is 5.83. The van der Waals surface area contributed by atoms with E-state index in [0.29, 0.717) is 5.75 Å². The third-order valence-electron chi connectivity index (χ3n) is 2.76. The molecule has 0 saturated carbocycles. The summed E-state index contributed by atoms with van der Waals surface area (Å²) in [5.74, 6) is 0.577. The minimum atomic E-state index is -1.89. The van der Waals surface area contributed by atoms with Crippen LogP contribution in [0.15, 0.2) is 22.7 Å². The summed E-state index contributed by atoms with van der Waals surface area (Å²) in [6.45, 7) is 0. The molecular formula is C14H8BrCl6N3O. The van der Waals surface area contributed by atoms with E-state index in [1.165, 1.54) is 0 Å². The van der Waals surface area contributed by atoms with Crippen molar-refractivity contribution in [1.29, 1.82) is 0 Å². The quantitative estimate of drug-likeness (QED) is 0.430. The van der Waals surface area contributed by atoms with E-state index in [2.05, 4.69) is 30.9 Å². The summed E-state index contributed by atoms with van der Waals surface area (Å²) in [4.78, 5) is 12.0. The fourth-order valence-corrected chi connectivity index (χ4v) is 2.74. The zero-order chi connectivity index (χ0) is 18.8. The lowest BCUT2D eigenvalue weighted by Crippen LogP contribution is -2.16. The molecule has 1 aromatic carbocycles. The first-order valence-electron chi connectivity index (χ1n) is 6.43. The van der Waals surface area contributed by atoms with Gasteiger partial charge < -0.3 is 4.74 Å². The molecule has 0 atom stereocenters. The van der Waals surface area contributed by atoms with E-state index in [-0.39, 0.29) is 17.5 Å². The highest BCUT2D eigenvalue weighted by molar-refractivity contribution is 9.10. The zero-order valence-corrected chi connectivity index (χ0v) is 18.4. The molecule has 1 heterocycles. The van der Waals surface area contributed by atoms with Crippen LogP contribution < -0.4 is 4.74 Å². The molecule has 0 spiro atoms. The molecule has 0 bridgehead atoms. The Kier molecular flexibility index (Phi) is 7.10. The Morgan fingerprint density at radius 1 is 0.920 bits per heavy atom. The average Bonchev–Trinajstić information content (AvgIpc) is 2.51. The number of methoxy groups -OCH3 is 1. The van der Waals surface area contributed by atoms with Crippen molar-refractivity contribution in [2.45, 2.75) is 7.59 Å². The van der Waals surface area contributed by atoms with Crippen LogP contribution >= 0.6 is 85.5 Å². The second kappa shape index (κ2) is 8.34. The molecule has 2 aromatic rings. The predicted molar refractivity (Wildman–Crippen MR) is 108 cm³/mol. The topological polar surface area (TPSA) is 47.9 Å². The first-order valence-corrected chi connectivity index (χ1v) is 9.49. The van der Waals surface area contributed by atoms with Gasteiger partial charge in [-0.25, -0.2) is 15.0 Å². The Morgan fingerprint density at radius 2 is 1.48 bits per heavy atom. The van der Waals surface area contributed by atoms with Gasteiger partial charge in [-0.05, 0) is 39.7 Å². The molecule has 0 radical (unpaired) electrons. The van der Waals surface area contributed by atoms with Gasteiger partial charge in [-0.3, -0.25) is 0 Å². The number of rotatable bonds is 3. The Labute approximate surface area is 182 Å². The summed E-state index contributed by atoms with van der Waals surface area (Å²) in [6.07, 6.45) is 3.32. The molecule has 1 aromatic heterocycles. The Morgan fingerprint density at radius 3 is 1.92 bits per heavy atom. The lowest BCUT2D eigenvalue weighted by Gasteiger charge is -2.14. The van der Waals surface area contributed by atoms with Crippen molar-refractivity contribution in [1.82, 2.24) is 15.0 Å². The van der Waals surface area contributed by atoms with E-state index in [9.17, 15) is 0 Å². The van der Waals surface area contributed by atoms with Crippen molar-refractivity contribution in [3.05, 3.63) is 45.7 Å². The molecule has 0 fully saturated rings. The molecule has 0 aliphatic carbocycles. The van der Waals surface area contributed by atoms with Gasteiger partial charge in [0.25, 0.3) is 0 Å². The van der Waals surface area contributed by atoms with Crippen molar-refractivity contribution >= 4 is 97.7 Å². The maximum atomic E-state index is 5.83. The van der Waals surface area contributed by atoms with Gasteiger partial charge >= 0.3 is 0 Å². The Hall–Kier alpha value is -0.01000. The monoisotopic (exact) mass is 523 g/mol. The minimum Gasteiger partial charge on any atom is -0.496 e. The number of nitrogens with zero attached hydrogens (tertiary/aromatic N) is 3. The SMILES string of the molecule is COc1ccc(C=Cc2nc(C(Cl)(Cl)Cl)nc(C(Cl)(Cl)Cl)n2)cc1Br. The first-order chi connectivity index (χ1) is 11.5. The van der Waals surface area contributed by atoms with Crippen molar-refractivity contribution in [3.63, 3.8) is 0 Å². The highest BCUT2D eigenvalue weighted by Gasteiger charge is 2.33. The van der Waals surface area contributed by atoms with Gasteiger partial charge in [-0.2, -0.15) is 0 Å². The van der Waals surface area contributed by atoms with Crippen LogP contribution in [0, 0.1) is 0 Å². The molecule has 25 heavy (non-hydrogen) atoms. The van der Waals surface area contributed by atoms with Crippen LogP contribution in [-0.2, 0) is 7.59 Å². The highest BCUT2D eigenvalue weighted by Crippen LogP contribution is 2.40. The van der Waals surface area contributed by atoms with Gasteiger partial charge in [-0.1, -0.05) is 81.7 Å². The van der Waals surface area contributed by atoms with E-state index < -0.39 is 7.59 Å². The van der Waals surface area contributed by atoms with Crippen LogP contribution in [0.5, 0.6) is 5.75 Å². The fraction of sp³-hybridized carbons (Fsp3) is 0.214. The van der Waals surface area contributed by atoms with E-state index in [1.54, 1.807) is 25.3 Å². The summed E-state index contributed by atoms with van der Waals surface area (Å²) in [6, 6.07) is 5.49.